The number of rotatable bonds is 2. The fourth-order valence-corrected chi connectivity index (χ4v) is 1.07. The van der Waals surface area contributed by atoms with Crippen molar-refractivity contribution in [2.24, 2.45) is 0 Å². The van der Waals surface area contributed by atoms with Crippen molar-refractivity contribution in [2.45, 2.75) is 19.8 Å². The van der Waals surface area contributed by atoms with Gasteiger partial charge >= 0.3 is 0 Å². The van der Waals surface area contributed by atoms with Crippen LogP contribution in [-0.2, 0) is 6.42 Å². The quantitative estimate of drug-likeness (QED) is 0.648. The molecule has 0 heterocycles. The second-order valence-corrected chi connectivity index (χ2v) is 2.56. The van der Waals surface area contributed by atoms with E-state index >= 15 is 0 Å². The van der Waals surface area contributed by atoms with Gasteiger partial charge in [0.15, 0.2) is 0 Å². The molecule has 0 aliphatic rings. The molecule has 0 aromatic heterocycles. The highest BCUT2D eigenvalue weighted by Crippen LogP contribution is 2.16. The van der Waals surface area contributed by atoms with Gasteiger partial charge in [0.2, 0.25) is 0 Å². The highest BCUT2D eigenvalue weighted by molar-refractivity contribution is 5.47. The van der Waals surface area contributed by atoms with E-state index in [2.05, 4.69) is 0 Å². The molecule has 0 unspecified atom stereocenters. The van der Waals surface area contributed by atoms with E-state index in [0.717, 1.165) is 18.4 Å². The normalized spacial score (nSPS) is 10.0. The second-order valence-electron chi connectivity index (χ2n) is 2.56. The number of para-hydroxylation sites is 1. The highest BCUT2D eigenvalue weighted by Gasteiger charge is 2.01. The van der Waals surface area contributed by atoms with E-state index in [-0.39, 0.29) is 5.82 Å². The second kappa shape index (κ2) is 3.37. The van der Waals surface area contributed by atoms with Crippen molar-refractivity contribution in [1.29, 1.82) is 0 Å². The summed E-state index contributed by atoms with van der Waals surface area (Å²) < 4.78 is 12.8. The first-order valence-electron chi connectivity index (χ1n) is 3.78. The van der Waals surface area contributed by atoms with Gasteiger partial charge in [-0.2, -0.15) is 0 Å². The van der Waals surface area contributed by atoms with Gasteiger partial charge in [0.25, 0.3) is 0 Å². The van der Waals surface area contributed by atoms with Crippen LogP contribution >= 0.6 is 0 Å². The van der Waals surface area contributed by atoms with Gasteiger partial charge in [-0.3, -0.25) is 0 Å². The summed E-state index contributed by atoms with van der Waals surface area (Å²) in [5.74, 6) is -0.309. The maximum atomic E-state index is 12.8. The molecule has 1 rings (SSSR count). The Morgan fingerprint density at radius 3 is 2.82 bits per heavy atom. The summed E-state index contributed by atoms with van der Waals surface area (Å²) in [4.78, 5) is 0. The van der Waals surface area contributed by atoms with E-state index in [0.29, 0.717) is 5.69 Å². The zero-order chi connectivity index (χ0) is 8.27. The summed E-state index contributed by atoms with van der Waals surface area (Å²) in [6.45, 7) is 2.05. The first-order valence-corrected chi connectivity index (χ1v) is 3.78. The highest BCUT2D eigenvalue weighted by atomic mass is 19.1. The van der Waals surface area contributed by atoms with Gasteiger partial charge in [-0.1, -0.05) is 25.5 Å². The predicted octanol–water partition coefficient (Wildman–Crippen LogP) is 2.36. The molecule has 0 amide bonds. The summed E-state index contributed by atoms with van der Waals surface area (Å²) in [5.41, 5.74) is 6.70. The molecule has 1 aromatic rings. The van der Waals surface area contributed by atoms with E-state index in [1.165, 1.54) is 6.07 Å². The molecule has 2 heteroatoms. The third kappa shape index (κ3) is 1.70. The van der Waals surface area contributed by atoms with Crippen molar-refractivity contribution in [3.63, 3.8) is 0 Å². The molecule has 1 nitrogen and oxygen atoms in total. The number of benzene rings is 1. The lowest BCUT2D eigenvalue weighted by Gasteiger charge is -2.03. The van der Waals surface area contributed by atoms with Crippen molar-refractivity contribution in [2.75, 3.05) is 5.73 Å². The van der Waals surface area contributed by atoms with Crippen LogP contribution in [0.15, 0.2) is 18.2 Å². The minimum Gasteiger partial charge on any atom is -0.396 e. The Morgan fingerprint density at radius 1 is 1.45 bits per heavy atom. The summed E-state index contributed by atoms with van der Waals surface area (Å²) in [5, 5.41) is 0. The monoisotopic (exact) mass is 153 g/mol. The zero-order valence-electron chi connectivity index (χ0n) is 6.60. The Labute approximate surface area is 66.0 Å². The molecule has 1 aromatic carbocycles. The number of nitrogens with two attached hydrogens (primary N) is 1. The molecule has 0 radical (unpaired) electrons. The van der Waals surface area contributed by atoms with Gasteiger partial charge in [0.05, 0.1) is 5.69 Å². The number of hydrogen-bond donors (Lipinski definition) is 1. The van der Waals surface area contributed by atoms with Crippen molar-refractivity contribution < 1.29 is 4.39 Å². The third-order valence-electron chi connectivity index (χ3n) is 1.66. The lowest BCUT2D eigenvalue weighted by atomic mass is 10.1. The van der Waals surface area contributed by atoms with Crippen molar-refractivity contribution >= 4 is 5.69 Å². The Hall–Kier alpha value is -1.05. The van der Waals surface area contributed by atoms with E-state index in [1.807, 2.05) is 13.0 Å². The molecule has 0 aliphatic heterocycles. The summed E-state index contributed by atoms with van der Waals surface area (Å²) in [6.07, 6.45) is 1.84. The maximum absolute atomic E-state index is 12.8. The average Bonchev–Trinajstić information content (AvgIpc) is 1.99. The number of nitrogen functional groups attached to an aromatic ring is 1. The van der Waals surface area contributed by atoms with Crippen LogP contribution in [0.5, 0.6) is 0 Å². The first-order chi connectivity index (χ1) is 5.25. The van der Waals surface area contributed by atoms with Gasteiger partial charge in [-0.15, -0.1) is 0 Å². The molecule has 0 fully saturated rings. The van der Waals surface area contributed by atoms with Crippen molar-refractivity contribution in [3.05, 3.63) is 29.6 Å². The standard InChI is InChI=1S/C9H12FN/c1-2-4-7-5-3-6-8(10)9(7)11/h3,5-6H,2,4,11H2,1H3. The van der Waals surface area contributed by atoms with Crippen LogP contribution in [0.3, 0.4) is 0 Å². The molecule has 2 N–H and O–H groups in total. The SMILES string of the molecule is CCCc1cccc(F)c1N. The fraction of sp³-hybridized carbons (Fsp3) is 0.333. The van der Waals surface area contributed by atoms with Gasteiger partial charge < -0.3 is 5.73 Å². The maximum Gasteiger partial charge on any atom is 0.146 e. The Bertz CT molecular complexity index is 245. The first kappa shape index (κ1) is 8.05. The Kier molecular flexibility index (Phi) is 2.47. The van der Waals surface area contributed by atoms with Gasteiger partial charge in [0.1, 0.15) is 5.82 Å². The molecule has 0 atom stereocenters. The smallest absolute Gasteiger partial charge is 0.146 e. The molecule has 60 valence electrons. The predicted molar refractivity (Wildman–Crippen MR) is 44.8 cm³/mol. The molecule has 11 heavy (non-hydrogen) atoms. The number of aryl methyl sites for hydroxylation is 1. The minimum absolute atomic E-state index is 0.300. The van der Waals surface area contributed by atoms with E-state index in [9.17, 15) is 4.39 Å². The van der Waals surface area contributed by atoms with Crippen LogP contribution in [0.2, 0.25) is 0 Å². The molecular weight excluding hydrogens is 141 g/mol. The molecule has 0 spiro atoms. The van der Waals surface area contributed by atoms with Crippen LogP contribution < -0.4 is 5.73 Å². The molecule has 0 bridgehead atoms. The molecule has 0 saturated heterocycles. The molecular formula is C9H12FN. The van der Waals surface area contributed by atoms with Gasteiger partial charge in [-0.05, 0) is 18.1 Å². The van der Waals surface area contributed by atoms with E-state index in [1.54, 1.807) is 6.07 Å². The summed E-state index contributed by atoms with van der Waals surface area (Å²) in [7, 11) is 0. The van der Waals surface area contributed by atoms with Crippen molar-refractivity contribution in [3.8, 4) is 0 Å². The fourth-order valence-electron chi connectivity index (χ4n) is 1.07. The van der Waals surface area contributed by atoms with E-state index in [4.69, 9.17) is 5.73 Å². The summed E-state index contributed by atoms with van der Waals surface area (Å²) >= 11 is 0. The topological polar surface area (TPSA) is 26.0 Å². The van der Waals surface area contributed by atoms with E-state index < -0.39 is 0 Å². The zero-order valence-corrected chi connectivity index (χ0v) is 6.60. The average molecular weight is 153 g/mol. The largest absolute Gasteiger partial charge is 0.396 e. The third-order valence-corrected chi connectivity index (χ3v) is 1.66. The van der Waals surface area contributed by atoms with Crippen LogP contribution in [0.1, 0.15) is 18.9 Å². The lowest BCUT2D eigenvalue weighted by molar-refractivity contribution is 0.630. The van der Waals surface area contributed by atoms with Crippen LogP contribution in [0, 0.1) is 5.82 Å². The Balaban J connectivity index is 2.96. The number of hydrogen-bond acceptors (Lipinski definition) is 1. The van der Waals surface area contributed by atoms with Crippen molar-refractivity contribution in [1.82, 2.24) is 0 Å². The molecule has 0 aliphatic carbocycles. The number of anilines is 1. The summed E-state index contributed by atoms with van der Waals surface area (Å²) in [6, 6.07) is 4.94. The minimum atomic E-state index is -0.309. The van der Waals surface area contributed by atoms with Crippen LogP contribution in [0.4, 0.5) is 10.1 Å². The Morgan fingerprint density at radius 2 is 2.18 bits per heavy atom. The van der Waals surface area contributed by atoms with Crippen LogP contribution in [0.25, 0.3) is 0 Å². The number of halogens is 1. The van der Waals surface area contributed by atoms with Gasteiger partial charge in [-0.25, -0.2) is 4.39 Å². The van der Waals surface area contributed by atoms with Crippen LogP contribution in [-0.4, -0.2) is 0 Å². The lowest BCUT2D eigenvalue weighted by Crippen LogP contribution is -1.96. The van der Waals surface area contributed by atoms with Gasteiger partial charge in [0, 0.05) is 0 Å². The molecule has 0 saturated carbocycles.